The molecule has 0 radical (unpaired) electrons. The highest BCUT2D eigenvalue weighted by atomic mass is 16.6. The van der Waals surface area contributed by atoms with Crippen molar-refractivity contribution < 1.29 is 14.3 Å². The molecule has 0 aliphatic carbocycles. The van der Waals surface area contributed by atoms with Crippen LogP contribution in [0.4, 0.5) is 0 Å². The first-order valence-corrected chi connectivity index (χ1v) is 9.22. The molecule has 0 bridgehead atoms. The predicted octanol–water partition coefficient (Wildman–Crippen LogP) is 2.36. The second-order valence-electron chi connectivity index (χ2n) is 6.78. The molecule has 1 aromatic heterocycles. The molecular weight excluding hydrogens is 358 g/mol. The lowest BCUT2D eigenvalue weighted by Crippen LogP contribution is -2.51. The molecule has 0 amide bonds. The average Bonchev–Trinajstić information content (AvgIpc) is 3.27. The van der Waals surface area contributed by atoms with Gasteiger partial charge < -0.3 is 9.47 Å². The summed E-state index contributed by atoms with van der Waals surface area (Å²) in [5.41, 5.74) is 7.00. The number of unbranched alkanes of at least 4 members (excludes halogenated alkanes) is 1. The molecule has 0 saturated heterocycles. The van der Waals surface area contributed by atoms with Gasteiger partial charge in [-0.1, -0.05) is 43.7 Å². The van der Waals surface area contributed by atoms with Gasteiger partial charge in [-0.3, -0.25) is 10.5 Å². The van der Waals surface area contributed by atoms with Crippen LogP contribution in [0, 0.1) is 0 Å². The zero-order valence-corrected chi connectivity index (χ0v) is 15.5. The molecule has 8 heteroatoms. The molecule has 3 N–H and O–H groups in total. The fourth-order valence-electron chi connectivity index (χ4n) is 3.12. The normalized spacial score (nSPS) is 18.1. The Morgan fingerprint density at radius 1 is 1.25 bits per heavy atom. The maximum atomic E-state index is 13.1. The van der Waals surface area contributed by atoms with Gasteiger partial charge in [0.15, 0.2) is 17.3 Å². The third kappa shape index (κ3) is 3.34. The number of ether oxygens (including phenoxy) is 2. The minimum atomic E-state index is -1.43. The van der Waals surface area contributed by atoms with Gasteiger partial charge in [0.1, 0.15) is 6.61 Å². The smallest absolute Gasteiger partial charge is 0.257 e. The number of fused-ring (bicyclic) bond motifs is 1. The number of para-hydroxylation sites is 1. The molecule has 1 aliphatic rings. The van der Waals surface area contributed by atoms with Crippen molar-refractivity contribution >= 4 is 5.78 Å². The lowest BCUT2D eigenvalue weighted by molar-refractivity contribution is -0.0154. The quantitative estimate of drug-likeness (QED) is 0.632. The van der Waals surface area contributed by atoms with Crippen molar-refractivity contribution in [3.8, 4) is 11.5 Å². The number of benzene rings is 2. The van der Waals surface area contributed by atoms with Crippen LogP contribution in [0.1, 0.15) is 47.1 Å². The van der Waals surface area contributed by atoms with Gasteiger partial charge in [0.05, 0.1) is 5.56 Å². The van der Waals surface area contributed by atoms with Gasteiger partial charge >= 0.3 is 0 Å². The lowest BCUT2D eigenvalue weighted by Gasteiger charge is -2.33. The molecule has 0 spiro atoms. The maximum absolute atomic E-state index is 13.1. The Morgan fingerprint density at radius 2 is 2.07 bits per heavy atom. The molecule has 1 unspecified atom stereocenters. The Kier molecular flexibility index (Phi) is 4.79. The van der Waals surface area contributed by atoms with E-state index in [1.807, 2.05) is 24.3 Å². The summed E-state index contributed by atoms with van der Waals surface area (Å²) in [7, 11) is 0. The number of hydrogen-bond donors (Lipinski definition) is 2. The largest absolute Gasteiger partial charge is 0.483 e. The highest BCUT2D eigenvalue weighted by Crippen LogP contribution is 2.40. The minimum absolute atomic E-state index is 0.00328. The molecule has 144 valence electrons. The first-order chi connectivity index (χ1) is 13.6. The van der Waals surface area contributed by atoms with Gasteiger partial charge in [0.25, 0.3) is 5.72 Å². The molecule has 2 aromatic carbocycles. The fourth-order valence-corrected chi connectivity index (χ4v) is 3.12. The molecule has 8 nitrogen and oxygen atoms in total. The highest BCUT2D eigenvalue weighted by molar-refractivity contribution is 6.11. The number of aromatic nitrogens is 4. The van der Waals surface area contributed by atoms with Crippen LogP contribution >= 0.6 is 0 Å². The second kappa shape index (κ2) is 7.40. The molecule has 3 aromatic rings. The SMILES string of the molecule is CCCCc1ccc(C(=O)c2cccc3c2OC(N)(c2nn[nH]n2)CO3)cc1. The van der Waals surface area contributed by atoms with E-state index in [0.717, 1.165) is 19.3 Å². The van der Waals surface area contributed by atoms with Gasteiger partial charge in [-0.15, -0.1) is 10.2 Å². The number of aryl methyl sites for hydroxylation is 1. The fraction of sp³-hybridized carbons (Fsp3) is 0.300. The number of carbonyl (C=O) groups excluding carboxylic acids is 1. The summed E-state index contributed by atoms with van der Waals surface area (Å²) >= 11 is 0. The Hall–Kier alpha value is -3.26. The van der Waals surface area contributed by atoms with E-state index in [-0.39, 0.29) is 24.0 Å². The van der Waals surface area contributed by atoms with Gasteiger partial charge in [0.2, 0.25) is 5.82 Å². The molecule has 1 aliphatic heterocycles. The Bertz CT molecular complexity index is 972. The van der Waals surface area contributed by atoms with Crippen LogP contribution in [-0.4, -0.2) is 33.0 Å². The van der Waals surface area contributed by atoms with Crippen molar-refractivity contribution in [1.29, 1.82) is 0 Å². The van der Waals surface area contributed by atoms with Gasteiger partial charge in [0, 0.05) is 5.56 Å². The van der Waals surface area contributed by atoms with Crippen LogP contribution in [0.25, 0.3) is 0 Å². The molecule has 2 heterocycles. The highest BCUT2D eigenvalue weighted by Gasteiger charge is 2.41. The molecule has 28 heavy (non-hydrogen) atoms. The van der Waals surface area contributed by atoms with Crippen molar-refractivity contribution in [3.05, 3.63) is 65.0 Å². The average molecular weight is 379 g/mol. The lowest BCUT2D eigenvalue weighted by atomic mass is 9.99. The van der Waals surface area contributed by atoms with Crippen molar-refractivity contribution in [2.75, 3.05) is 6.61 Å². The van der Waals surface area contributed by atoms with E-state index in [1.165, 1.54) is 5.56 Å². The summed E-state index contributed by atoms with van der Waals surface area (Å²) in [5.74, 6) is 0.719. The molecule has 0 fully saturated rings. The van der Waals surface area contributed by atoms with Crippen LogP contribution in [-0.2, 0) is 12.1 Å². The van der Waals surface area contributed by atoms with E-state index in [4.69, 9.17) is 15.2 Å². The van der Waals surface area contributed by atoms with E-state index in [0.29, 0.717) is 16.9 Å². The molecule has 0 saturated carbocycles. The van der Waals surface area contributed by atoms with Crippen LogP contribution < -0.4 is 15.2 Å². The van der Waals surface area contributed by atoms with Gasteiger partial charge in [-0.25, -0.2) is 0 Å². The minimum Gasteiger partial charge on any atom is -0.483 e. The number of ketones is 1. The standard InChI is InChI=1S/C20H21N5O3/c1-2-3-5-13-8-10-14(11-9-13)17(26)15-6-4-7-16-18(15)28-20(21,12-27-16)19-22-24-25-23-19/h4,6-11H,2-3,5,12,21H2,1H3,(H,22,23,24,25). The zero-order valence-electron chi connectivity index (χ0n) is 15.5. The monoisotopic (exact) mass is 379 g/mol. The molecular formula is C20H21N5O3. The Labute approximate surface area is 162 Å². The van der Waals surface area contributed by atoms with E-state index in [9.17, 15) is 4.79 Å². The summed E-state index contributed by atoms with van der Waals surface area (Å²) in [4.78, 5) is 13.1. The first kappa shape index (κ1) is 18.1. The molecule has 1 atom stereocenters. The number of nitrogens with one attached hydrogen (secondary N) is 1. The zero-order chi connectivity index (χ0) is 19.6. The summed E-state index contributed by atoms with van der Waals surface area (Å²) in [5, 5.41) is 13.6. The van der Waals surface area contributed by atoms with E-state index in [1.54, 1.807) is 18.2 Å². The van der Waals surface area contributed by atoms with Gasteiger partial charge in [-0.05, 0) is 35.8 Å². The van der Waals surface area contributed by atoms with E-state index in [2.05, 4.69) is 27.5 Å². The van der Waals surface area contributed by atoms with Crippen molar-refractivity contribution in [2.24, 2.45) is 5.73 Å². The van der Waals surface area contributed by atoms with Crippen molar-refractivity contribution in [1.82, 2.24) is 20.6 Å². The Balaban J connectivity index is 1.64. The number of rotatable bonds is 6. The summed E-state index contributed by atoms with van der Waals surface area (Å²) < 4.78 is 11.7. The third-order valence-corrected chi connectivity index (χ3v) is 4.71. The number of tetrazole rings is 1. The third-order valence-electron chi connectivity index (χ3n) is 4.71. The van der Waals surface area contributed by atoms with Crippen molar-refractivity contribution in [3.63, 3.8) is 0 Å². The summed E-state index contributed by atoms with van der Waals surface area (Å²) in [6, 6.07) is 12.8. The number of H-pyrrole nitrogens is 1. The maximum Gasteiger partial charge on any atom is 0.257 e. The van der Waals surface area contributed by atoms with Crippen LogP contribution in [0.2, 0.25) is 0 Å². The van der Waals surface area contributed by atoms with Crippen LogP contribution in [0.5, 0.6) is 11.5 Å². The topological polar surface area (TPSA) is 116 Å². The second-order valence-corrected chi connectivity index (χ2v) is 6.78. The summed E-state index contributed by atoms with van der Waals surface area (Å²) in [6.45, 7) is 2.16. The Morgan fingerprint density at radius 3 is 2.79 bits per heavy atom. The van der Waals surface area contributed by atoms with Crippen LogP contribution in [0.15, 0.2) is 42.5 Å². The number of aromatic amines is 1. The molecule has 4 rings (SSSR count). The van der Waals surface area contributed by atoms with Gasteiger partial charge in [-0.2, -0.15) is 5.21 Å². The summed E-state index contributed by atoms with van der Waals surface area (Å²) in [6.07, 6.45) is 3.26. The number of nitrogens with zero attached hydrogens (tertiary/aromatic N) is 3. The van der Waals surface area contributed by atoms with Crippen molar-refractivity contribution in [2.45, 2.75) is 31.9 Å². The predicted molar refractivity (Wildman–Crippen MR) is 101 cm³/mol. The van der Waals surface area contributed by atoms with E-state index >= 15 is 0 Å². The number of nitrogens with two attached hydrogens (primary N) is 1. The number of carbonyl (C=O) groups is 1. The van der Waals surface area contributed by atoms with Crippen LogP contribution in [0.3, 0.4) is 0 Å². The number of hydrogen-bond acceptors (Lipinski definition) is 7. The first-order valence-electron chi connectivity index (χ1n) is 9.22. The van der Waals surface area contributed by atoms with E-state index < -0.39 is 5.72 Å².